The molecule has 1 atom stereocenters. The first kappa shape index (κ1) is 35.0. The molecule has 1 N–H and O–H groups in total. The van der Waals surface area contributed by atoms with Gasteiger partial charge in [-0.05, 0) is 88.7 Å². The highest BCUT2D eigenvalue weighted by molar-refractivity contribution is 7.92. The van der Waals surface area contributed by atoms with Crippen LogP contribution in [0, 0.1) is 0 Å². The molecule has 12 heteroatoms. The molecule has 2 amide bonds. The molecule has 3 rings (SSSR count). The number of anilines is 1. The zero-order valence-corrected chi connectivity index (χ0v) is 27.9. The summed E-state index contributed by atoms with van der Waals surface area (Å²) in [5.74, 6) is 0.789. The van der Waals surface area contributed by atoms with E-state index >= 15 is 0 Å². The molecule has 45 heavy (non-hydrogen) atoms. The van der Waals surface area contributed by atoms with Crippen LogP contribution in [0.25, 0.3) is 0 Å². The second kappa shape index (κ2) is 15.0. The van der Waals surface area contributed by atoms with Crippen molar-refractivity contribution in [3.63, 3.8) is 0 Å². The Bertz CT molecular complexity index is 1550. The van der Waals surface area contributed by atoms with Crippen molar-refractivity contribution >= 4 is 27.5 Å². The fraction of sp³-hybridized carbons (Fsp3) is 0.394. The zero-order valence-electron chi connectivity index (χ0n) is 27.1. The number of ether oxygens (including phenoxy) is 4. The molecule has 1 unspecified atom stereocenters. The summed E-state index contributed by atoms with van der Waals surface area (Å²) in [6.45, 7) is 8.88. The van der Waals surface area contributed by atoms with Gasteiger partial charge in [0.15, 0.2) is 11.5 Å². The van der Waals surface area contributed by atoms with Crippen molar-refractivity contribution in [2.45, 2.75) is 57.6 Å². The molecule has 0 fully saturated rings. The van der Waals surface area contributed by atoms with Crippen molar-refractivity contribution in [3.05, 3.63) is 72.3 Å². The average Bonchev–Trinajstić information content (AvgIpc) is 3.01. The van der Waals surface area contributed by atoms with Crippen LogP contribution in [0.5, 0.6) is 23.0 Å². The highest BCUT2D eigenvalue weighted by Gasteiger charge is 2.34. The SMILES string of the molecule is CCOc1ccc(N(CC(=O)N(Cc2ccc(OC)cc2)C(C)C(=O)NC(C)(C)C)S(=O)(=O)c2ccc(OC)c(OC)c2)cc1. The van der Waals surface area contributed by atoms with Crippen molar-refractivity contribution in [2.75, 3.05) is 38.8 Å². The first-order chi connectivity index (χ1) is 21.2. The molecule has 0 saturated carbocycles. The van der Waals surface area contributed by atoms with Crippen LogP contribution in [0.4, 0.5) is 5.69 Å². The lowest BCUT2D eigenvalue weighted by Crippen LogP contribution is -2.54. The molecule has 3 aromatic carbocycles. The Morgan fingerprint density at radius 2 is 1.44 bits per heavy atom. The van der Waals surface area contributed by atoms with E-state index in [1.54, 1.807) is 62.6 Å². The molecule has 0 bridgehead atoms. The van der Waals surface area contributed by atoms with E-state index < -0.39 is 34.1 Å². The Kier molecular flexibility index (Phi) is 11.7. The van der Waals surface area contributed by atoms with Gasteiger partial charge in [-0.3, -0.25) is 13.9 Å². The topological polar surface area (TPSA) is 124 Å². The molecule has 0 radical (unpaired) electrons. The third kappa shape index (κ3) is 9.04. The highest BCUT2D eigenvalue weighted by atomic mass is 32.2. The van der Waals surface area contributed by atoms with E-state index in [1.165, 1.54) is 37.3 Å². The summed E-state index contributed by atoms with van der Waals surface area (Å²) >= 11 is 0. The van der Waals surface area contributed by atoms with Gasteiger partial charge < -0.3 is 29.2 Å². The van der Waals surface area contributed by atoms with Crippen LogP contribution in [0.15, 0.2) is 71.6 Å². The van der Waals surface area contributed by atoms with Gasteiger partial charge in [-0.2, -0.15) is 0 Å². The van der Waals surface area contributed by atoms with E-state index in [0.29, 0.717) is 23.9 Å². The second-order valence-corrected chi connectivity index (χ2v) is 13.1. The number of carbonyl (C=O) groups excluding carboxylic acids is 2. The largest absolute Gasteiger partial charge is 0.497 e. The molecule has 11 nitrogen and oxygen atoms in total. The zero-order chi connectivity index (χ0) is 33.4. The maximum absolute atomic E-state index is 14.2. The number of hydrogen-bond donors (Lipinski definition) is 1. The van der Waals surface area contributed by atoms with Crippen molar-refractivity contribution in [3.8, 4) is 23.0 Å². The number of amides is 2. The Labute approximate surface area is 266 Å². The Morgan fingerprint density at radius 3 is 1.98 bits per heavy atom. The summed E-state index contributed by atoms with van der Waals surface area (Å²) in [6, 6.07) is 16.8. The average molecular weight is 642 g/mol. The fourth-order valence-corrected chi connectivity index (χ4v) is 5.92. The summed E-state index contributed by atoms with van der Waals surface area (Å²) in [4.78, 5) is 28.7. The number of benzene rings is 3. The molecule has 3 aromatic rings. The van der Waals surface area contributed by atoms with Crippen LogP contribution < -0.4 is 28.6 Å². The van der Waals surface area contributed by atoms with E-state index in [-0.39, 0.29) is 28.8 Å². The van der Waals surface area contributed by atoms with Crippen LogP contribution in [-0.2, 0) is 26.2 Å². The minimum absolute atomic E-state index is 0.0507. The molecule has 0 aliphatic rings. The van der Waals surface area contributed by atoms with E-state index in [0.717, 1.165) is 9.87 Å². The molecule has 0 aromatic heterocycles. The van der Waals surface area contributed by atoms with Crippen molar-refractivity contribution < 1.29 is 37.0 Å². The monoisotopic (exact) mass is 641 g/mol. The maximum Gasteiger partial charge on any atom is 0.264 e. The fourth-order valence-electron chi connectivity index (χ4n) is 4.49. The smallest absolute Gasteiger partial charge is 0.264 e. The molecule has 0 heterocycles. The van der Waals surface area contributed by atoms with Crippen LogP contribution >= 0.6 is 0 Å². The molecular formula is C33H43N3O8S. The van der Waals surface area contributed by atoms with Gasteiger partial charge in [0.25, 0.3) is 10.0 Å². The highest BCUT2D eigenvalue weighted by Crippen LogP contribution is 2.33. The van der Waals surface area contributed by atoms with Gasteiger partial charge in [-0.25, -0.2) is 8.42 Å². The number of hydrogen-bond acceptors (Lipinski definition) is 8. The van der Waals surface area contributed by atoms with Gasteiger partial charge in [0, 0.05) is 18.2 Å². The number of nitrogens with one attached hydrogen (secondary N) is 1. The van der Waals surface area contributed by atoms with Crippen molar-refractivity contribution in [2.24, 2.45) is 0 Å². The summed E-state index contributed by atoms with van der Waals surface area (Å²) < 4.78 is 50.9. The molecule has 0 spiro atoms. The summed E-state index contributed by atoms with van der Waals surface area (Å²) in [7, 11) is 0.0795. The molecule has 244 valence electrons. The minimum Gasteiger partial charge on any atom is -0.497 e. The first-order valence-electron chi connectivity index (χ1n) is 14.5. The number of rotatable bonds is 14. The molecule has 0 saturated heterocycles. The van der Waals surface area contributed by atoms with Crippen molar-refractivity contribution in [1.82, 2.24) is 10.2 Å². The Morgan fingerprint density at radius 1 is 0.844 bits per heavy atom. The number of methoxy groups -OCH3 is 3. The third-order valence-corrected chi connectivity index (χ3v) is 8.60. The van der Waals surface area contributed by atoms with E-state index in [9.17, 15) is 18.0 Å². The van der Waals surface area contributed by atoms with Gasteiger partial charge in [0.2, 0.25) is 11.8 Å². The minimum atomic E-state index is -4.33. The van der Waals surface area contributed by atoms with Crippen LogP contribution in [0.1, 0.15) is 40.2 Å². The van der Waals surface area contributed by atoms with Crippen LogP contribution in [0.2, 0.25) is 0 Å². The molecular weight excluding hydrogens is 598 g/mol. The first-order valence-corrected chi connectivity index (χ1v) is 15.9. The lowest BCUT2D eigenvalue weighted by atomic mass is 10.1. The second-order valence-electron chi connectivity index (χ2n) is 11.2. The van der Waals surface area contributed by atoms with Crippen LogP contribution in [-0.4, -0.2) is 71.2 Å². The summed E-state index contributed by atoms with van der Waals surface area (Å²) in [6.07, 6.45) is 0. The van der Waals surface area contributed by atoms with Crippen molar-refractivity contribution in [1.29, 1.82) is 0 Å². The van der Waals surface area contributed by atoms with E-state index in [1.807, 2.05) is 27.7 Å². The van der Waals surface area contributed by atoms with Gasteiger partial charge in [-0.1, -0.05) is 12.1 Å². The third-order valence-electron chi connectivity index (χ3n) is 6.84. The van der Waals surface area contributed by atoms with Gasteiger partial charge in [-0.15, -0.1) is 0 Å². The van der Waals surface area contributed by atoms with E-state index in [2.05, 4.69) is 5.32 Å². The lowest BCUT2D eigenvalue weighted by Gasteiger charge is -2.33. The van der Waals surface area contributed by atoms with Crippen LogP contribution in [0.3, 0.4) is 0 Å². The van der Waals surface area contributed by atoms with E-state index in [4.69, 9.17) is 18.9 Å². The van der Waals surface area contributed by atoms with Gasteiger partial charge >= 0.3 is 0 Å². The Balaban J connectivity index is 2.09. The number of carbonyl (C=O) groups is 2. The summed E-state index contributed by atoms with van der Waals surface area (Å²) in [5.41, 5.74) is 0.415. The maximum atomic E-state index is 14.2. The quantitative estimate of drug-likeness (QED) is 0.270. The van der Waals surface area contributed by atoms with Gasteiger partial charge in [0.1, 0.15) is 24.1 Å². The molecule has 0 aliphatic carbocycles. The lowest BCUT2D eigenvalue weighted by molar-refractivity contribution is -0.140. The summed E-state index contributed by atoms with van der Waals surface area (Å²) in [5, 5.41) is 2.92. The number of sulfonamides is 1. The predicted octanol–water partition coefficient (Wildman–Crippen LogP) is 4.64. The predicted molar refractivity (Wildman–Crippen MR) is 173 cm³/mol. The molecule has 0 aliphatic heterocycles. The standard InChI is InChI=1S/C33H43N3O8S/c1-9-44-27-16-12-25(13-17-27)36(45(39,40)28-18-19-29(42-7)30(20-28)43-8)22-31(37)35(23(2)32(38)34-33(3,4)5)21-24-10-14-26(41-6)15-11-24/h10-20,23H,9,21-22H2,1-8H3,(H,34,38). The number of nitrogens with zero attached hydrogens (tertiary/aromatic N) is 2. The van der Waals surface area contributed by atoms with Gasteiger partial charge in [0.05, 0.1) is 38.5 Å². The Hall–Kier alpha value is -4.45. The normalized spacial score (nSPS) is 12.1.